The molecule has 1 aromatic carbocycles. The van der Waals surface area contributed by atoms with E-state index >= 15 is 0 Å². The van der Waals surface area contributed by atoms with Gasteiger partial charge < -0.3 is 0 Å². The molecular weight excluding hydrogens is 216 g/mol. The summed E-state index contributed by atoms with van der Waals surface area (Å²) >= 11 is 1.69. The van der Waals surface area contributed by atoms with Gasteiger partial charge in [0, 0.05) is 5.56 Å². The van der Waals surface area contributed by atoms with Gasteiger partial charge in [-0.15, -0.1) is 0 Å². The van der Waals surface area contributed by atoms with Gasteiger partial charge in [-0.2, -0.15) is 11.8 Å². The Morgan fingerprint density at radius 1 is 1.31 bits per heavy atom. The molecule has 0 aliphatic heterocycles. The Kier molecular flexibility index (Phi) is 4.05. The minimum Gasteiger partial charge on any atom is -0.293 e. The molecule has 1 nitrogen and oxygen atoms in total. The van der Waals surface area contributed by atoms with Crippen LogP contribution in [0.5, 0.6) is 0 Å². The van der Waals surface area contributed by atoms with Gasteiger partial charge in [0.15, 0.2) is 5.78 Å². The first-order chi connectivity index (χ1) is 7.81. The lowest BCUT2D eigenvalue weighted by atomic mass is 9.80. The van der Waals surface area contributed by atoms with E-state index in [4.69, 9.17) is 0 Å². The monoisotopic (exact) mass is 234 g/mol. The average Bonchev–Trinajstić information content (AvgIpc) is 2.24. The van der Waals surface area contributed by atoms with Gasteiger partial charge in [-0.05, 0) is 30.1 Å². The molecule has 0 heterocycles. The van der Waals surface area contributed by atoms with Crippen molar-refractivity contribution in [2.24, 2.45) is 0 Å². The van der Waals surface area contributed by atoms with Crippen LogP contribution in [0.2, 0.25) is 0 Å². The number of thioether (sulfide) groups is 1. The number of benzene rings is 1. The van der Waals surface area contributed by atoms with E-state index in [9.17, 15) is 4.79 Å². The summed E-state index contributed by atoms with van der Waals surface area (Å²) in [5, 5.41) is 0. The van der Waals surface area contributed by atoms with Crippen molar-refractivity contribution in [1.29, 1.82) is 0 Å². The summed E-state index contributed by atoms with van der Waals surface area (Å²) in [6, 6.07) is 8.25. The van der Waals surface area contributed by atoms with Gasteiger partial charge in [0.05, 0.1) is 5.75 Å². The number of carbonyl (C=O) groups excluding carboxylic acids is 1. The molecule has 0 amide bonds. The van der Waals surface area contributed by atoms with Crippen LogP contribution in [0.15, 0.2) is 24.3 Å². The number of ketones is 1. The molecule has 0 aromatic heterocycles. The number of hydrogen-bond donors (Lipinski definition) is 0. The van der Waals surface area contributed by atoms with E-state index in [1.54, 1.807) is 11.8 Å². The summed E-state index contributed by atoms with van der Waals surface area (Å²) in [5.74, 6) is 2.63. The number of Topliss-reactive ketones (excluding diaryl/α,β-unsaturated/α-hetero) is 1. The Hall–Kier alpha value is -0.760. The van der Waals surface area contributed by atoms with Crippen LogP contribution in [0, 0.1) is 0 Å². The van der Waals surface area contributed by atoms with Gasteiger partial charge >= 0.3 is 0 Å². The highest BCUT2D eigenvalue weighted by atomic mass is 32.2. The molecule has 0 radical (unpaired) electrons. The Morgan fingerprint density at radius 2 is 2.00 bits per heavy atom. The Labute approximate surface area is 102 Å². The first kappa shape index (κ1) is 11.7. The second-order valence-corrected chi connectivity index (χ2v) is 5.58. The molecule has 0 atom stereocenters. The normalized spacial score (nSPS) is 15.8. The molecular formula is C14H18OS. The molecule has 0 saturated heterocycles. The highest BCUT2D eigenvalue weighted by Crippen LogP contribution is 2.36. The summed E-state index contributed by atoms with van der Waals surface area (Å²) in [6.45, 7) is 2.08. The summed E-state index contributed by atoms with van der Waals surface area (Å²) in [5.41, 5.74) is 2.27. The summed E-state index contributed by atoms with van der Waals surface area (Å²) in [4.78, 5) is 11.7. The van der Waals surface area contributed by atoms with E-state index in [2.05, 4.69) is 19.1 Å². The third-order valence-corrected chi connectivity index (χ3v) is 4.12. The van der Waals surface area contributed by atoms with Crippen molar-refractivity contribution in [3.05, 3.63) is 35.4 Å². The molecule has 16 heavy (non-hydrogen) atoms. The fraction of sp³-hybridized carbons (Fsp3) is 0.500. The smallest absolute Gasteiger partial charge is 0.172 e. The zero-order valence-electron chi connectivity index (χ0n) is 9.74. The fourth-order valence-electron chi connectivity index (χ4n) is 1.96. The van der Waals surface area contributed by atoms with Gasteiger partial charge in [0.1, 0.15) is 0 Å². The van der Waals surface area contributed by atoms with Crippen LogP contribution in [0.4, 0.5) is 0 Å². The second kappa shape index (κ2) is 5.53. The first-order valence-corrected chi connectivity index (χ1v) is 7.17. The van der Waals surface area contributed by atoms with Crippen molar-refractivity contribution in [1.82, 2.24) is 0 Å². The SMILES string of the molecule is CCSCC(=O)c1ccc(C2CCC2)cc1. The minimum atomic E-state index is 0.256. The van der Waals surface area contributed by atoms with Crippen LogP contribution in [0.1, 0.15) is 48.0 Å². The van der Waals surface area contributed by atoms with Crippen LogP contribution in [0.3, 0.4) is 0 Å². The third kappa shape index (κ3) is 2.67. The van der Waals surface area contributed by atoms with Crippen LogP contribution < -0.4 is 0 Å². The zero-order chi connectivity index (χ0) is 11.4. The third-order valence-electron chi connectivity index (χ3n) is 3.25. The maximum atomic E-state index is 11.7. The molecule has 1 saturated carbocycles. The predicted octanol–water partition coefficient (Wildman–Crippen LogP) is 3.89. The molecule has 2 heteroatoms. The maximum Gasteiger partial charge on any atom is 0.172 e. The van der Waals surface area contributed by atoms with Crippen LogP contribution in [0.25, 0.3) is 0 Å². The van der Waals surface area contributed by atoms with Crippen molar-refractivity contribution in [3.8, 4) is 0 Å². The van der Waals surface area contributed by atoms with E-state index < -0.39 is 0 Å². The lowest BCUT2D eigenvalue weighted by Crippen LogP contribution is -2.09. The highest BCUT2D eigenvalue weighted by Gasteiger charge is 2.19. The van der Waals surface area contributed by atoms with Crippen molar-refractivity contribution < 1.29 is 4.79 Å². The molecule has 0 unspecified atom stereocenters. The van der Waals surface area contributed by atoms with Crippen molar-refractivity contribution in [3.63, 3.8) is 0 Å². The van der Waals surface area contributed by atoms with Gasteiger partial charge in [-0.1, -0.05) is 37.6 Å². The Balaban J connectivity index is 1.98. The number of hydrogen-bond acceptors (Lipinski definition) is 2. The average molecular weight is 234 g/mol. The molecule has 0 N–H and O–H groups in total. The van der Waals surface area contributed by atoms with E-state index in [0.29, 0.717) is 5.75 Å². The summed E-state index contributed by atoms with van der Waals surface area (Å²) in [7, 11) is 0. The second-order valence-electron chi connectivity index (χ2n) is 4.31. The van der Waals surface area contributed by atoms with Gasteiger partial charge in [0.2, 0.25) is 0 Å². The molecule has 86 valence electrons. The topological polar surface area (TPSA) is 17.1 Å². The van der Waals surface area contributed by atoms with Crippen molar-refractivity contribution in [2.45, 2.75) is 32.1 Å². The highest BCUT2D eigenvalue weighted by molar-refractivity contribution is 7.99. The molecule has 1 aliphatic rings. The Morgan fingerprint density at radius 3 is 2.50 bits per heavy atom. The quantitative estimate of drug-likeness (QED) is 0.719. The minimum absolute atomic E-state index is 0.256. The van der Waals surface area contributed by atoms with E-state index in [1.165, 1.54) is 24.8 Å². The number of carbonyl (C=O) groups is 1. The summed E-state index contributed by atoms with van der Waals surface area (Å²) in [6.07, 6.45) is 4.00. The van der Waals surface area contributed by atoms with E-state index in [-0.39, 0.29) is 5.78 Å². The van der Waals surface area contributed by atoms with Crippen LogP contribution in [-0.2, 0) is 0 Å². The lowest BCUT2D eigenvalue weighted by molar-refractivity contribution is 0.102. The molecule has 0 spiro atoms. The van der Waals surface area contributed by atoms with Gasteiger partial charge in [-0.3, -0.25) is 4.79 Å². The maximum absolute atomic E-state index is 11.7. The van der Waals surface area contributed by atoms with Crippen molar-refractivity contribution >= 4 is 17.5 Å². The number of rotatable bonds is 5. The molecule has 1 aromatic rings. The first-order valence-electron chi connectivity index (χ1n) is 6.02. The predicted molar refractivity (Wildman–Crippen MR) is 70.4 cm³/mol. The van der Waals surface area contributed by atoms with Crippen LogP contribution >= 0.6 is 11.8 Å². The van der Waals surface area contributed by atoms with Crippen LogP contribution in [-0.4, -0.2) is 17.3 Å². The van der Waals surface area contributed by atoms with Gasteiger partial charge in [0.25, 0.3) is 0 Å². The van der Waals surface area contributed by atoms with E-state index in [1.807, 2.05) is 12.1 Å². The zero-order valence-corrected chi connectivity index (χ0v) is 10.6. The van der Waals surface area contributed by atoms with Crippen molar-refractivity contribution in [2.75, 3.05) is 11.5 Å². The standard InChI is InChI=1S/C14H18OS/c1-2-16-10-14(15)13-8-6-12(7-9-13)11-4-3-5-11/h6-9,11H,2-5,10H2,1H3. The summed E-state index contributed by atoms with van der Waals surface area (Å²) < 4.78 is 0. The molecule has 1 fully saturated rings. The van der Waals surface area contributed by atoms with E-state index in [0.717, 1.165) is 17.2 Å². The lowest BCUT2D eigenvalue weighted by Gasteiger charge is -2.25. The molecule has 0 bridgehead atoms. The fourth-order valence-corrected chi connectivity index (χ4v) is 2.52. The molecule has 2 rings (SSSR count). The largest absolute Gasteiger partial charge is 0.293 e. The Bertz CT molecular complexity index is 352. The van der Waals surface area contributed by atoms with Gasteiger partial charge in [-0.25, -0.2) is 0 Å². The molecule has 1 aliphatic carbocycles.